The molecule has 198 valence electrons. The van der Waals surface area contributed by atoms with Gasteiger partial charge in [0, 0.05) is 32.9 Å². The minimum Gasteiger partial charge on any atom is -0.465 e. The molecule has 11 heteroatoms. The molecule has 0 saturated carbocycles. The third kappa shape index (κ3) is 6.60. The summed E-state index contributed by atoms with van der Waals surface area (Å²) in [5.74, 6) is -1.62. The standard InChI is InChI=1S/C26H30F3N5O3/c1-16(18-7-9-19(10-8-18)25(36)37-4)32-24(35)21(22(30)26(27,28)29)23-31-13-14-34(23)15-17-5-11-20(12-6-17)33(2)3/h5-12,16H,13-15,30H2,1-4H3,(H,32,35). The van der Waals surface area contributed by atoms with E-state index in [0.29, 0.717) is 17.7 Å². The van der Waals surface area contributed by atoms with Gasteiger partial charge in [-0.15, -0.1) is 0 Å². The smallest absolute Gasteiger partial charge is 0.431 e. The number of nitrogens with one attached hydrogen (secondary N) is 1. The van der Waals surface area contributed by atoms with E-state index in [1.165, 1.54) is 19.2 Å². The first-order chi connectivity index (χ1) is 17.4. The monoisotopic (exact) mass is 517 g/mol. The van der Waals surface area contributed by atoms with E-state index in [-0.39, 0.29) is 18.9 Å². The molecule has 3 rings (SSSR count). The number of hydrogen-bond acceptors (Lipinski definition) is 7. The topological polar surface area (TPSA) is 100 Å². The number of aliphatic imine (C=N–C) groups is 1. The van der Waals surface area contributed by atoms with Crippen molar-refractivity contribution in [3.63, 3.8) is 0 Å². The maximum absolute atomic E-state index is 13.7. The quantitative estimate of drug-likeness (QED) is 0.411. The highest BCUT2D eigenvalue weighted by Gasteiger charge is 2.40. The number of methoxy groups -OCH3 is 1. The molecule has 0 aromatic heterocycles. The number of amides is 1. The molecule has 37 heavy (non-hydrogen) atoms. The summed E-state index contributed by atoms with van der Waals surface area (Å²) in [5, 5.41) is 2.59. The molecule has 1 unspecified atom stereocenters. The van der Waals surface area contributed by atoms with Crippen LogP contribution in [0, 0.1) is 0 Å². The largest absolute Gasteiger partial charge is 0.465 e. The van der Waals surface area contributed by atoms with Crippen LogP contribution in [0.15, 0.2) is 64.8 Å². The van der Waals surface area contributed by atoms with Crippen LogP contribution in [-0.4, -0.2) is 63.1 Å². The zero-order valence-electron chi connectivity index (χ0n) is 21.1. The van der Waals surface area contributed by atoms with E-state index in [0.717, 1.165) is 11.3 Å². The number of rotatable bonds is 8. The van der Waals surface area contributed by atoms with Crippen molar-refractivity contribution in [1.29, 1.82) is 0 Å². The first-order valence-electron chi connectivity index (χ1n) is 11.5. The second kappa shape index (κ2) is 11.4. The molecule has 0 radical (unpaired) electrons. The van der Waals surface area contributed by atoms with Crippen LogP contribution >= 0.6 is 0 Å². The third-order valence-corrected chi connectivity index (χ3v) is 5.96. The van der Waals surface area contributed by atoms with Gasteiger partial charge in [0.15, 0.2) is 0 Å². The summed E-state index contributed by atoms with van der Waals surface area (Å²) in [6, 6.07) is 13.1. The van der Waals surface area contributed by atoms with Crippen molar-refractivity contribution >= 4 is 23.4 Å². The lowest BCUT2D eigenvalue weighted by molar-refractivity contribution is -0.119. The Morgan fingerprint density at radius 3 is 2.30 bits per heavy atom. The van der Waals surface area contributed by atoms with Crippen LogP contribution in [0.2, 0.25) is 0 Å². The maximum Gasteiger partial charge on any atom is 0.431 e. The first-order valence-corrected chi connectivity index (χ1v) is 11.5. The van der Waals surface area contributed by atoms with Crippen LogP contribution in [0.5, 0.6) is 0 Å². The number of carbonyl (C=O) groups is 2. The first kappa shape index (κ1) is 27.6. The zero-order chi connectivity index (χ0) is 27.3. The van der Waals surface area contributed by atoms with Crippen molar-refractivity contribution < 1.29 is 27.5 Å². The lowest BCUT2D eigenvalue weighted by Gasteiger charge is -2.25. The molecule has 2 aromatic carbocycles. The Bertz CT molecular complexity index is 1190. The number of anilines is 1. The normalized spacial score (nSPS) is 15.0. The summed E-state index contributed by atoms with van der Waals surface area (Å²) in [4.78, 5) is 32.6. The summed E-state index contributed by atoms with van der Waals surface area (Å²) < 4.78 is 45.8. The van der Waals surface area contributed by atoms with Gasteiger partial charge in [0.1, 0.15) is 17.1 Å². The van der Waals surface area contributed by atoms with Gasteiger partial charge in [-0.05, 0) is 42.3 Å². The van der Waals surface area contributed by atoms with Crippen molar-refractivity contribution in [3.8, 4) is 0 Å². The lowest BCUT2D eigenvalue weighted by Crippen LogP contribution is -2.40. The molecular formula is C26H30F3N5O3. The molecule has 0 spiro atoms. The number of carbonyl (C=O) groups excluding carboxylic acids is 2. The van der Waals surface area contributed by atoms with Crippen LogP contribution < -0.4 is 16.0 Å². The van der Waals surface area contributed by atoms with Crippen LogP contribution in [0.4, 0.5) is 18.9 Å². The van der Waals surface area contributed by atoms with Crippen molar-refractivity contribution in [3.05, 3.63) is 76.5 Å². The average Bonchev–Trinajstić information content (AvgIpc) is 3.30. The maximum atomic E-state index is 13.7. The molecule has 1 heterocycles. The zero-order valence-corrected chi connectivity index (χ0v) is 21.1. The molecular weight excluding hydrogens is 487 g/mol. The summed E-state index contributed by atoms with van der Waals surface area (Å²) in [7, 11) is 5.07. The number of ether oxygens (including phenoxy) is 1. The number of allylic oxidation sites excluding steroid dienone is 1. The fraction of sp³-hybridized carbons (Fsp3) is 0.346. The lowest BCUT2D eigenvalue weighted by atomic mass is 10.0. The SMILES string of the molecule is COC(=O)c1ccc(C(C)NC(=O)C(C2=NCCN2Cc2ccc(N(C)C)cc2)=C(N)C(F)(F)F)cc1. The molecule has 8 nitrogen and oxygen atoms in total. The van der Waals surface area contributed by atoms with Gasteiger partial charge in [-0.1, -0.05) is 24.3 Å². The van der Waals surface area contributed by atoms with E-state index >= 15 is 0 Å². The number of nitrogens with two attached hydrogens (primary N) is 1. The Kier molecular flexibility index (Phi) is 8.46. The molecule has 0 saturated heterocycles. The Hall–Kier alpha value is -4.02. The van der Waals surface area contributed by atoms with Gasteiger partial charge in [-0.3, -0.25) is 9.79 Å². The number of amidine groups is 1. The highest BCUT2D eigenvalue weighted by Crippen LogP contribution is 2.28. The highest BCUT2D eigenvalue weighted by atomic mass is 19.4. The van der Waals surface area contributed by atoms with Gasteiger partial charge in [-0.25, -0.2) is 4.79 Å². The molecule has 1 aliphatic heterocycles. The predicted octanol–water partition coefficient (Wildman–Crippen LogP) is 3.41. The molecule has 1 amide bonds. The van der Waals surface area contributed by atoms with Crippen molar-refractivity contribution in [2.75, 3.05) is 39.2 Å². The van der Waals surface area contributed by atoms with Gasteiger partial charge >= 0.3 is 12.1 Å². The Balaban J connectivity index is 1.85. The van der Waals surface area contributed by atoms with E-state index in [1.807, 2.05) is 43.3 Å². The predicted molar refractivity (Wildman–Crippen MR) is 135 cm³/mol. The van der Waals surface area contributed by atoms with Gasteiger partial charge in [0.2, 0.25) is 0 Å². The number of alkyl halides is 3. The van der Waals surface area contributed by atoms with E-state index in [1.54, 1.807) is 24.0 Å². The number of hydrogen-bond donors (Lipinski definition) is 2. The van der Waals surface area contributed by atoms with Crippen LogP contribution in [-0.2, 0) is 16.1 Å². The number of nitrogens with zero attached hydrogens (tertiary/aromatic N) is 3. The third-order valence-electron chi connectivity index (χ3n) is 5.96. The molecule has 1 atom stereocenters. The van der Waals surface area contributed by atoms with Gasteiger partial charge in [0.05, 0.1) is 25.3 Å². The van der Waals surface area contributed by atoms with Crippen molar-refractivity contribution in [2.45, 2.75) is 25.7 Å². The minimum absolute atomic E-state index is 0.0998. The van der Waals surface area contributed by atoms with Crippen LogP contribution in [0.1, 0.15) is 34.5 Å². The second-order valence-electron chi connectivity index (χ2n) is 8.78. The summed E-state index contributed by atoms with van der Waals surface area (Å²) >= 11 is 0. The molecule has 1 aliphatic rings. The Morgan fingerprint density at radius 1 is 1.14 bits per heavy atom. The summed E-state index contributed by atoms with van der Waals surface area (Å²) in [6.45, 7) is 2.46. The number of halogens is 3. The highest BCUT2D eigenvalue weighted by molar-refractivity contribution is 6.21. The second-order valence-corrected chi connectivity index (χ2v) is 8.78. The van der Waals surface area contributed by atoms with Gasteiger partial charge < -0.3 is 25.6 Å². The van der Waals surface area contributed by atoms with Gasteiger partial charge in [0.25, 0.3) is 5.91 Å². The van der Waals surface area contributed by atoms with Crippen LogP contribution in [0.3, 0.4) is 0 Å². The van der Waals surface area contributed by atoms with Crippen LogP contribution in [0.25, 0.3) is 0 Å². The average molecular weight is 518 g/mol. The summed E-state index contributed by atoms with van der Waals surface area (Å²) in [5.41, 5.74) is 5.99. The summed E-state index contributed by atoms with van der Waals surface area (Å²) in [6.07, 6.45) is -4.93. The molecule has 0 aliphatic carbocycles. The number of benzene rings is 2. The Morgan fingerprint density at radius 2 is 1.76 bits per heavy atom. The van der Waals surface area contributed by atoms with E-state index in [9.17, 15) is 22.8 Å². The fourth-order valence-electron chi connectivity index (χ4n) is 3.86. The van der Waals surface area contributed by atoms with E-state index in [4.69, 9.17) is 5.73 Å². The van der Waals surface area contributed by atoms with Crippen molar-refractivity contribution in [1.82, 2.24) is 10.2 Å². The van der Waals surface area contributed by atoms with E-state index < -0.39 is 35.4 Å². The molecule has 2 aromatic rings. The van der Waals surface area contributed by atoms with Crippen molar-refractivity contribution in [2.24, 2.45) is 10.7 Å². The number of esters is 1. The molecule has 0 fully saturated rings. The van der Waals surface area contributed by atoms with E-state index in [2.05, 4.69) is 15.0 Å². The van der Waals surface area contributed by atoms with Gasteiger partial charge in [-0.2, -0.15) is 13.2 Å². The fourth-order valence-corrected chi connectivity index (χ4v) is 3.86. The molecule has 3 N–H and O–H groups in total. The molecule has 0 bridgehead atoms. The Labute approximate surface area is 213 Å². The minimum atomic E-state index is -4.93.